The zero-order chi connectivity index (χ0) is 18.7. The third-order valence-electron chi connectivity index (χ3n) is 4.17. The number of thiophene rings is 1. The van der Waals surface area contributed by atoms with Gasteiger partial charge in [-0.15, -0.1) is 11.3 Å². The normalized spacial score (nSPS) is 17.0. The van der Waals surface area contributed by atoms with Crippen LogP contribution in [0, 0.1) is 12.7 Å². The van der Waals surface area contributed by atoms with E-state index in [1.165, 1.54) is 23.5 Å². The topological polar surface area (TPSA) is 70.2 Å². The molecule has 1 aromatic carbocycles. The smallest absolute Gasteiger partial charge is 0.261 e. The van der Waals surface area contributed by atoms with Crippen LogP contribution in [0.3, 0.4) is 0 Å². The first-order chi connectivity index (χ1) is 12.4. The van der Waals surface area contributed by atoms with Gasteiger partial charge in [-0.1, -0.05) is 11.6 Å². The maximum absolute atomic E-state index is 13.1. The fraction of sp³-hybridized carbons (Fsp3) is 0.333. The van der Waals surface area contributed by atoms with Crippen LogP contribution in [0.1, 0.15) is 38.4 Å². The van der Waals surface area contributed by atoms with Crippen LogP contribution in [0.15, 0.2) is 24.3 Å². The summed E-state index contributed by atoms with van der Waals surface area (Å²) in [5.74, 6) is -1.09. The van der Waals surface area contributed by atoms with Crippen molar-refractivity contribution in [3.63, 3.8) is 0 Å². The highest BCUT2D eigenvalue weighted by Gasteiger charge is 2.20. The number of anilines is 1. The summed E-state index contributed by atoms with van der Waals surface area (Å²) in [6, 6.07) is 5.46. The lowest BCUT2D eigenvalue weighted by Gasteiger charge is -2.23. The standard InChI is InChI=1S/C18H19ClFN3O2S/c1-10-7-15(23-17(24)13-5-4-11(20)8-14(13)19)26-16(10)18(25)22-12-3-2-6-21-9-12/h4-5,7-8,12,21H,2-3,6,9H2,1H3,(H,22,25)(H,23,24)/t12-/m0/s1. The van der Waals surface area contributed by atoms with E-state index < -0.39 is 11.7 Å². The summed E-state index contributed by atoms with van der Waals surface area (Å²) < 4.78 is 13.1. The summed E-state index contributed by atoms with van der Waals surface area (Å²) >= 11 is 7.13. The molecule has 2 amide bonds. The van der Waals surface area contributed by atoms with Crippen molar-refractivity contribution in [3.05, 3.63) is 51.1 Å². The first-order valence-electron chi connectivity index (χ1n) is 8.32. The van der Waals surface area contributed by atoms with Gasteiger partial charge in [-0.05, 0) is 56.1 Å². The van der Waals surface area contributed by atoms with Gasteiger partial charge in [0.2, 0.25) is 0 Å². The maximum Gasteiger partial charge on any atom is 0.261 e. The molecule has 26 heavy (non-hydrogen) atoms. The van der Waals surface area contributed by atoms with Crippen molar-refractivity contribution in [1.82, 2.24) is 10.6 Å². The Morgan fingerprint density at radius 3 is 2.81 bits per heavy atom. The second-order valence-corrected chi connectivity index (χ2v) is 7.68. The molecule has 0 radical (unpaired) electrons. The second kappa shape index (κ2) is 8.16. The van der Waals surface area contributed by atoms with Crippen LogP contribution in [0.4, 0.5) is 9.39 Å². The molecule has 138 valence electrons. The van der Waals surface area contributed by atoms with E-state index in [1.807, 2.05) is 6.92 Å². The van der Waals surface area contributed by atoms with Gasteiger partial charge in [-0.2, -0.15) is 0 Å². The zero-order valence-corrected chi connectivity index (χ0v) is 15.8. The van der Waals surface area contributed by atoms with Gasteiger partial charge < -0.3 is 16.0 Å². The molecule has 3 N–H and O–H groups in total. The minimum absolute atomic E-state index is 0.0403. The van der Waals surface area contributed by atoms with Crippen molar-refractivity contribution < 1.29 is 14.0 Å². The number of nitrogens with one attached hydrogen (secondary N) is 3. The van der Waals surface area contributed by atoms with E-state index in [9.17, 15) is 14.0 Å². The Labute approximate surface area is 159 Å². The number of rotatable bonds is 4. The Balaban J connectivity index is 1.69. The van der Waals surface area contributed by atoms with E-state index in [1.54, 1.807) is 6.07 Å². The van der Waals surface area contributed by atoms with Gasteiger partial charge >= 0.3 is 0 Å². The predicted molar refractivity (Wildman–Crippen MR) is 102 cm³/mol. The molecule has 1 fully saturated rings. The molecule has 1 aliphatic rings. The number of halogens is 2. The van der Waals surface area contributed by atoms with E-state index >= 15 is 0 Å². The van der Waals surface area contributed by atoms with Gasteiger partial charge in [0.1, 0.15) is 5.82 Å². The predicted octanol–water partition coefficient (Wildman–Crippen LogP) is 3.58. The van der Waals surface area contributed by atoms with E-state index in [2.05, 4.69) is 16.0 Å². The van der Waals surface area contributed by atoms with Crippen molar-refractivity contribution in [3.8, 4) is 0 Å². The largest absolute Gasteiger partial charge is 0.347 e. The van der Waals surface area contributed by atoms with Gasteiger partial charge in [0.25, 0.3) is 11.8 Å². The van der Waals surface area contributed by atoms with E-state index in [-0.39, 0.29) is 22.5 Å². The molecule has 2 aromatic rings. The Bertz CT molecular complexity index is 834. The van der Waals surface area contributed by atoms with Gasteiger partial charge in [0, 0.05) is 12.6 Å². The molecule has 1 saturated heterocycles. The second-order valence-electron chi connectivity index (χ2n) is 6.22. The minimum Gasteiger partial charge on any atom is -0.347 e. The number of hydrogen-bond donors (Lipinski definition) is 3. The molecule has 1 atom stereocenters. The van der Waals surface area contributed by atoms with Crippen LogP contribution in [-0.2, 0) is 0 Å². The monoisotopic (exact) mass is 395 g/mol. The molecule has 8 heteroatoms. The molecule has 2 heterocycles. The summed E-state index contributed by atoms with van der Waals surface area (Å²) in [4.78, 5) is 25.4. The highest BCUT2D eigenvalue weighted by Crippen LogP contribution is 2.28. The average Bonchev–Trinajstić information content (AvgIpc) is 2.96. The minimum atomic E-state index is -0.505. The molecule has 5 nitrogen and oxygen atoms in total. The van der Waals surface area contributed by atoms with Crippen LogP contribution < -0.4 is 16.0 Å². The van der Waals surface area contributed by atoms with Crippen molar-refractivity contribution in [2.24, 2.45) is 0 Å². The molecule has 1 aliphatic heterocycles. The lowest BCUT2D eigenvalue weighted by molar-refractivity contribution is 0.0933. The van der Waals surface area contributed by atoms with Crippen molar-refractivity contribution in [2.45, 2.75) is 25.8 Å². The van der Waals surface area contributed by atoms with Crippen LogP contribution in [0.5, 0.6) is 0 Å². The highest BCUT2D eigenvalue weighted by molar-refractivity contribution is 7.18. The quantitative estimate of drug-likeness (QED) is 0.741. The fourth-order valence-electron chi connectivity index (χ4n) is 2.85. The van der Waals surface area contributed by atoms with Gasteiger partial charge in [-0.3, -0.25) is 9.59 Å². The molecule has 1 aromatic heterocycles. The molecular formula is C18H19ClFN3O2S. The number of amides is 2. The molecule has 0 aliphatic carbocycles. The van der Waals surface area contributed by atoms with Gasteiger partial charge in [-0.25, -0.2) is 4.39 Å². The zero-order valence-electron chi connectivity index (χ0n) is 14.2. The number of benzene rings is 1. The van der Waals surface area contributed by atoms with Gasteiger partial charge in [0.05, 0.1) is 20.5 Å². The molecule has 3 rings (SSSR count). The summed E-state index contributed by atoms with van der Waals surface area (Å²) in [7, 11) is 0. The Hall–Kier alpha value is -1.96. The summed E-state index contributed by atoms with van der Waals surface area (Å²) in [6.07, 6.45) is 1.99. The third-order valence-corrected chi connectivity index (χ3v) is 5.63. The number of piperidine rings is 1. The Morgan fingerprint density at radius 2 is 2.12 bits per heavy atom. The number of carbonyl (C=O) groups excluding carboxylic acids is 2. The van der Waals surface area contributed by atoms with E-state index in [0.29, 0.717) is 9.88 Å². The van der Waals surface area contributed by atoms with Crippen LogP contribution in [-0.4, -0.2) is 30.9 Å². The van der Waals surface area contributed by atoms with Crippen LogP contribution >= 0.6 is 22.9 Å². The molecule has 0 spiro atoms. The summed E-state index contributed by atoms with van der Waals surface area (Å²) in [5.41, 5.74) is 0.968. The molecule has 0 bridgehead atoms. The van der Waals surface area contributed by atoms with Crippen molar-refractivity contribution >= 4 is 39.8 Å². The highest BCUT2D eigenvalue weighted by atomic mass is 35.5. The SMILES string of the molecule is Cc1cc(NC(=O)c2ccc(F)cc2Cl)sc1C(=O)N[C@H]1CCCNC1. The lowest BCUT2D eigenvalue weighted by Crippen LogP contribution is -2.45. The Morgan fingerprint density at radius 1 is 1.31 bits per heavy atom. The van der Waals surface area contributed by atoms with Crippen molar-refractivity contribution in [2.75, 3.05) is 18.4 Å². The van der Waals surface area contributed by atoms with Crippen LogP contribution in [0.2, 0.25) is 5.02 Å². The van der Waals surface area contributed by atoms with Crippen molar-refractivity contribution in [1.29, 1.82) is 0 Å². The molecule has 0 saturated carbocycles. The maximum atomic E-state index is 13.1. The number of aryl methyl sites for hydroxylation is 1. The lowest BCUT2D eigenvalue weighted by atomic mass is 10.1. The molecular weight excluding hydrogens is 377 g/mol. The average molecular weight is 396 g/mol. The fourth-order valence-corrected chi connectivity index (χ4v) is 4.07. The number of carbonyl (C=O) groups is 2. The summed E-state index contributed by atoms with van der Waals surface area (Å²) in [6.45, 7) is 3.57. The summed E-state index contributed by atoms with van der Waals surface area (Å²) in [5, 5.41) is 9.58. The van der Waals surface area contributed by atoms with Gasteiger partial charge in [0.15, 0.2) is 0 Å². The first-order valence-corrected chi connectivity index (χ1v) is 9.52. The first kappa shape index (κ1) is 18.8. The molecule has 0 unspecified atom stereocenters. The Kier molecular flexibility index (Phi) is 5.90. The van der Waals surface area contributed by atoms with Crippen LogP contribution in [0.25, 0.3) is 0 Å². The third kappa shape index (κ3) is 4.41. The van der Waals surface area contributed by atoms with E-state index in [4.69, 9.17) is 11.6 Å². The van der Waals surface area contributed by atoms with E-state index in [0.717, 1.165) is 37.6 Å². The number of hydrogen-bond acceptors (Lipinski definition) is 4.